The molecule has 1 aromatic rings. The Morgan fingerprint density at radius 1 is 1.22 bits per heavy atom. The first kappa shape index (κ1) is 14.8. The molecule has 0 aliphatic rings. The Labute approximate surface area is 105 Å². The molecule has 0 saturated carbocycles. The summed E-state index contributed by atoms with van der Waals surface area (Å²) in [6.07, 6.45) is 2.52. The number of benzene rings is 1. The van der Waals surface area contributed by atoms with Gasteiger partial charge in [0.2, 0.25) is 10.0 Å². The SMILES string of the molecule is CCCCCOc1c(F)cc(S(N)(=O)=O)cc1F. The molecule has 4 nitrogen and oxygen atoms in total. The molecule has 0 atom stereocenters. The van der Waals surface area contributed by atoms with E-state index in [2.05, 4.69) is 0 Å². The third-order valence-corrected chi connectivity index (χ3v) is 3.19. The van der Waals surface area contributed by atoms with Crippen LogP contribution in [0.25, 0.3) is 0 Å². The highest BCUT2D eigenvalue weighted by Crippen LogP contribution is 2.25. The molecule has 1 rings (SSSR count). The number of nitrogens with two attached hydrogens (primary N) is 1. The Hall–Kier alpha value is -1.21. The van der Waals surface area contributed by atoms with Crippen molar-refractivity contribution in [3.63, 3.8) is 0 Å². The minimum absolute atomic E-state index is 0.177. The lowest BCUT2D eigenvalue weighted by molar-refractivity contribution is 0.275. The molecular weight excluding hydrogens is 264 g/mol. The number of hydrogen-bond acceptors (Lipinski definition) is 3. The second-order valence-electron chi connectivity index (χ2n) is 3.82. The average molecular weight is 279 g/mol. The molecule has 18 heavy (non-hydrogen) atoms. The number of primary sulfonamides is 1. The summed E-state index contributed by atoms with van der Waals surface area (Å²) in [5.41, 5.74) is 0. The summed E-state index contributed by atoms with van der Waals surface area (Å²) < 4.78 is 53.8. The van der Waals surface area contributed by atoms with Crippen LogP contribution >= 0.6 is 0 Å². The van der Waals surface area contributed by atoms with E-state index in [-0.39, 0.29) is 6.61 Å². The van der Waals surface area contributed by atoms with Crippen LogP contribution in [0.5, 0.6) is 5.75 Å². The molecule has 0 radical (unpaired) electrons. The zero-order chi connectivity index (χ0) is 13.8. The molecule has 0 aliphatic heterocycles. The molecule has 0 unspecified atom stereocenters. The van der Waals surface area contributed by atoms with E-state index in [9.17, 15) is 17.2 Å². The summed E-state index contributed by atoms with van der Waals surface area (Å²) >= 11 is 0. The number of sulfonamides is 1. The third kappa shape index (κ3) is 3.92. The highest BCUT2D eigenvalue weighted by Gasteiger charge is 2.17. The third-order valence-electron chi connectivity index (χ3n) is 2.29. The van der Waals surface area contributed by atoms with E-state index in [1.807, 2.05) is 6.92 Å². The van der Waals surface area contributed by atoms with Crippen LogP contribution < -0.4 is 9.88 Å². The predicted octanol–water partition coefficient (Wildman–Crippen LogP) is 2.18. The molecule has 0 aromatic heterocycles. The van der Waals surface area contributed by atoms with Crippen LogP contribution in [0.4, 0.5) is 8.78 Å². The first-order chi connectivity index (χ1) is 8.36. The fourth-order valence-corrected chi connectivity index (χ4v) is 1.90. The maximum atomic E-state index is 13.5. The molecule has 0 saturated heterocycles. The molecule has 1 aromatic carbocycles. The van der Waals surface area contributed by atoms with Crippen molar-refractivity contribution in [1.29, 1.82) is 0 Å². The van der Waals surface area contributed by atoms with Crippen LogP contribution in [0.2, 0.25) is 0 Å². The molecule has 0 spiro atoms. The number of ether oxygens (including phenoxy) is 1. The maximum Gasteiger partial charge on any atom is 0.238 e. The summed E-state index contributed by atoms with van der Waals surface area (Å²) in [6.45, 7) is 2.17. The van der Waals surface area contributed by atoms with Crippen LogP contribution in [0.1, 0.15) is 26.2 Å². The van der Waals surface area contributed by atoms with Crippen molar-refractivity contribution >= 4 is 10.0 Å². The van der Waals surface area contributed by atoms with Crippen LogP contribution in [0.15, 0.2) is 17.0 Å². The minimum atomic E-state index is -4.13. The lowest BCUT2D eigenvalue weighted by Crippen LogP contribution is -2.13. The number of unbranched alkanes of at least 4 members (excludes halogenated alkanes) is 2. The fraction of sp³-hybridized carbons (Fsp3) is 0.455. The molecule has 7 heteroatoms. The van der Waals surface area contributed by atoms with Crippen molar-refractivity contribution < 1.29 is 21.9 Å². The van der Waals surface area contributed by atoms with E-state index in [0.717, 1.165) is 12.8 Å². The largest absolute Gasteiger partial charge is 0.488 e. The Balaban J connectivity index is 2.88. The average Bonchev–Trinajstić information content (AvgIpc) is 2.25. The Kier molecular flexibility index (Phi) is 5.03. The summed E-state index contributed by atoms with van der Waals surface area (Å²) in [5.74, 6) is -2.72. The van der Waals surface area contributed by atoms with E-state index in [1.54, 1.807) is 0 Å². The van der Waals surface area contributed by atoms with Crippen LogP contribution in [0, 0.1) is 11.6 Å². The molecule has 102 valence electrons. The van der Waals surface area contributed by atoms with E-state index in [0.29, 0.717) is 18.6 Å². The lowest BCUT2D eigenvalue weighted by atomic mass is 10.2. The smallest absolute Gasteiger partial charge is 0.238 e. The molecule has 0 bridgehead atoms. The Morgan fingerprint density at radius 3 is 2.22 bits per heavy atom. The highest BCUT2D eigenvalue weighted by molar-refractivity contribution is 7.89. The van der Waals surface area contributed by atoms with Crippen molar-refractivity contribution in [3.05, 3.63) is 23.8 Å². The van der Waals surface area contributed by atoms with Crippen molar-refractivity contribution in [3.8, 4) is 5.75 Å². The number of rotatable bonds is 6. The minimum Gasteiger partial charge on any atom is -0.488 e. The van der Waals surface area contributed by atoms with Crippen LogP contribution in [-0.4, -0.2) is 15.0 Å². The molecule has 0 heterocycles. The normalized spacial score (nSPS) is 11.6. The number of halogens is 2. The zero-order valence-corrected chi connectivity index (χ0v) is 10.8. The molecule has 0 aliphatic carbocycles. The lowest BCUT2D eigenvalue weighted by Gasteiger charge is -2.09. The van der Waals surface area contributed by atoms with E-state index in [1.165, 1.54) is 0 Å². The number of hydrogen-bond donors (Lipinski definition) is 1. The van der Waals surface area contributed by atoms with Crippen LogP contribution in [0.3, 0.4) is 0 Å². The van der Waals surface area contributed by atoms with Crippen molar-refractivity contribution in [2.75, 3.05) is 6.61 Å². The van der Waals surface area contributed by atoms with E-state index < -0.39 is 32.3 Å². The summed E-state index contributed by atoms with van der Waals surface area (Å²) in [7, 11) is -4.13. The van der Waals surface area contributed by atoms with Gasteiger partial charge in [0.05, 0.1) is 11.5 Å². The second kappa shape index (κ2) is 6.10. The first-order valence-corrected chi connectivity index (χ1v) is 7.05. The molecular formula is C11H15F2NO3S. The first-order valence-electron chi connectivity index (χ1n) is 5.51. The van der Waals surface area contributed by atoms with Gasteiger partial charge in [-0.05, 0) is 18.6 Å². The summed E-state index contributed by atoms with van der Waals surface area (Å²) in [5, 5.41) is 4.78. The Morgan fingerprint density at radius 2 is 1.78 bits per heavy atom. The van der Waals surface area contributed by atoms with Gasteiger partial charge in [0, 0.05) is 0 Å². The summed E-state index contributed by atoms with van der Waals surface area (Å²) in [6, 6.07) is 1.29. The van der Waals surface area contributed by atoms with Gasteiger partial charge in [-0.1, -0.05) is 19.8 Å². The second-order valence-corrected chi connectivity index (χ2v) is 5.38. The maximum absolute atomic E-state index is 13.5. The highest BCUT2D eigenvalue weighted by atomic mass is 32.2. The van der Waals surface area contributed by atoms with Gasteiger partial charge < -0.3 is 4.74 Å². The van der Waals surface area contributed by atoms with Crippen molar-refractivity contribution in [1.82, 2.24) is 0 Å². The van der Waals surface area contributed by atoms with Gasteiger partial charge in [-0.3, -0.25) is 0 Å². The molecule has 0 amide bonds. The van der Waals surface area contributed by atoms with Gasteiger partial charge >= 0.3 is 0 Å². The van der Waals surface area contributed by atoms with Crippen molar-refractivity contribution in [2.45, 2.75) is 31.1 Å². The summed E-state index contributed by atoms with van der Waals surface area (Å²) in [4.78, 5) is -0.613. The topological polar surface area (TPSA) is 69.4 Å². The Bertz CT molecular complexity index is 494. The van der Waals surface area contributed by atoms with Crippen molar-refractivity contribution in [2.24, 2.45) is 5.14 Å². The van der Waals surface area contributed by atoms with Gasteiger partial charge in [0.25, 0.3) is 0 Å². The molecule has 2 N–H and O–H groups in total. The quantitative estimate of drug-likeness (QED) is 0.811. The van der Waals surface area contributed by atoms with E-state index >= 15 is 0 Å². The van der Waals surface area contributed by atoms with E-state index in [4.69, 9.17) is 9.88 Å². The monoisotopic (exact) mass is 279 g/mol. The molecule has 0 fully saturated rings. The van der Waals surface area contributed by atoms with Gasteiger partial charge in [-0.2, -0.15) is 0 Å². The van der Waals surface area contributed by atoms with Gasteiger partial charge in [0.1, 0.15) is 0 Å². The van der Waals surface area contributed by atoms with Gasteiger partial charge in [-0.15, -0.1) is 0 Å². The standard InChI is InChI=1S/C11H15F2NO3S/c1-2-3-4-5-17-11-9(12)6-8(7-10(11)13)18(14,15)16/h6-7H,2-5H2,1H3,(H2,14,15,16). The zero-order valence-electron chi connectivity index (χ0n) is 9.95. The fourth-order valence-electron chi connectivity index (χ4n) is 1.37. The van der Waals surface area contributed by atoms with Gasteiger partial charge in [-0.25, -0.2) is 22.3 Å². The predicted molar refractivity (Wildman–Crippen MR) is 62.8 cm³/mol. The van der Waals surface area contributed by atoms with Crippen LogP contribution in [-0.2, 0) is 10.0 Å². The van der Waals surface area contributed by atoms with Gasteiger partial charge in [0.15, 0.2) is 17.4 Å².